The lowest BCUT2D eigenvalue weighted by Gasteiger charge is -2.24. The van der Waals surface area contributed by atoms with E-state index in [0.717, 1.165) is 0 Å². The summed E-state index contributed by atoms with van der Waals surface area (Å²) >= 11 is 12.3. The molecule has 2 heterocycles. The minimum absolute atomic E-state index is 0.0353. The van der Waals surface area contributed by atoms with Gasteiger partial charge in [0.05, 0.1) is 34.5 Å². The molecular weight excluding hydrogens is 465 g/mol. The Kier molecular flexibility index (Phi) is 6.58. The minimum Gasteiger partial charge on any atom is -0.507 e. The summed E-state index contributed by atoms with van der Waals surface area (Å²) in [6.07, 6.45) is 3.10. The number of rotatable bonds is 7. The molecule has 1 aliphatic rings. The van der Waals surface area contributed by atoms with Crippen LogP contribution in [0.15, 0.2) is 83.5 Å². The lowest BCUT2D eigenvalue weighted by molar-refractivity contribution is -0.140. The van der Waals surface area contributed by atoms with E-state index in [2.05, 4.69) is 6.58 Å². The maximum atomic E-state index is 13.1. The highest BCUT2D eigenvalue weighted by molar-refractivity contribution is 6.46. The number of amides is 1. The number of carbonyl (C=O) groups is 2. The molecule has 1 unspecified atom stereocenters. The molecule has 0 saturated carbocycles. The molecule has 4 rings (SSSR count). The van der Waals surface area contributed by atoms with E-state index >= 15 is 0 Å². The van der Waals surface area contributed by atoms with Crippen molar-refractivity contribution in [2.24, 2.45) is 0 Å². The zero-order valence-electron chi connectivity index (χ0n) is 17.3. The van der Waals surface area contributed by atoms with Crippen LogP contribution in [-0.2, 0) is 16.1 Å². The topological polar surface area (TPSA) is 80.0 Å². The number of carbonyl (C=O) groups excluding carboxylic acids is 2. The molecule has 168 valence electrons. The highest BCUT2D eigenvalue weighted by Crippen LogP contribution is 2.41. The summed E-state index contributed by atoms with van der Waals surface area (Å²) in [4.78, 5) is 27.4. The largest absolute Gasteiger partial charge is 0.507 e. The first kappa shape index (κ1) is 22.7. The zero-order chi connectivity index (χ0) is 23.5. The van der Waals surface area contributed by atoms with Crippen LogP contribution in [-0.4, -0.2) is 28.3 Å². The van der Waals surface area contributed by atoms with Gasteiger partial charge in [-0.25, -0.2) is 0 Å². The second-order valence-corrected chi connectivity index (χ2v) is 8.12. The smallest absolute Gasteiger partial charge is 0.296 e. The summed E-state index contributed by atoms with van der Waals surface area (Å²) in [5, 5.41) is 11.7. The molecule has 0 aliphatic carbocycles. The van der Waals surface area contributed by atoms with Crippen LogP contribution in [0.5, 0.6) is 5.75 Å². The number of nitrogens with zero attached hydrogens (tertiary/aromatic N) is 1. The Morgan fingerprint density at radius 3 is 2.52 bits per heavy atom. The molecule has 1 fully saturated rings. The number of hydrogen-bond acceptors (Lipinski definition) is 5. The van der Waals surface area contributed by atoms with E-state index in [9.17, 15) is 14.7 Å². The Morgan fingerprint density at radius 2 is 1.88 bits per heavy atom. The third kappa shape index (κ3) is 4.53. The zero-order valence-corrected chi connectivity index (χ0v) is 18.8. The second kappa shape index (κ2) is 9.57. The molecule has 1 aliphatic heterocycles. The Bertz CT molecular complexity index is 1230. The fraction of sp³-hybridized carbons (Fsp3) is 0.120. The fourth-order valence-electron chi connectivity index (χ4n) is 3.66. The highest BCUT2D eigenvalue weighted by atomic mass is 35.5. The molecule has 1 aromatic heterocycles. The van der Waals surface area contributed by atoms with Crippen molar-refractivity contribution in [1.82, 2.24) is 4.90 Å². The quantitative estimate of drug-likeness (QED) is 0.199. The molecule has 3 aromatic rings. The number of aliphatic hydroxyl groups is 1. The van der Waals surface area contributed by atoms with Gasteiger partial charge in [-0.15, -0.1) is 0 Å². The van der Waals surface area contributed by atoms with Crippen molar-refractivity contribution in [3.05, 3.63) is 106 Å². The molecule has 0 bridgehead atoms. The van der Waals surface area contributed by atoms with Gasteiger partial charge in [-0.2, -0.15) is 0 Å². The highest BCUT2D eigenvalue weighted by Gasteiger charge is 2.46. The monoisotopic (exact) mass is 483 g/mol. The maximum Gasteiger partial charge on any atom is 0.296 e. The van der Waals surface area contributed by atoms with Crippen molar-refractivity contribution in [3.8, 4) is 5.75 Å². The number of hydrogen-bond donors (Lipinski definition) is 1. The van der Waals surface area contributed by atoms with Crippen LogP contribution in [0.1, 0.15) is 22.9 Å². The third-order valence-corrected chi connectivity index (χ3v) is 5.94. The van der Waals surface area contributed by atoms with E-state index in [1.807, 2.05) is 0 Å². The molecule has 8 heteroatoms. The lowest BCUT2D eigenvalue weighted by atomic mass is 9.95. The van der Waals surface area contributed by atoms with Crippen molar-refractivity contribution in [2.45, 2.75) is 12.6 Å². The van der Waals surface area contributed by atoms with Gasteiger partial charge in [0.1, 0.15) is 23.9 Å². The summed E-state index contributed by atoms with van der Waals surface area (Å²) in [5.41, 5.74) is 0.842. The van der Waals surface area contributed by atoms with E-state index in [1.54, 1.807) is 60.7 Å². The minimum atomic E-state index is -0.887. The first-order valence-corrected chi connectivity index (χ1v) is 10.8. The normalized spacial score (nSPS) is 17.4. The predicted octanol–water partition coefficient (Wildman–Crippen LogP) is 5.77. The number of ether oxygens (including phenoxy) is 1. The fourth-order valence-corrected chi connectivity index (χ4v) is 3.97. The van der Waals surface area contributed by atoms with Crippen molar-refractivity contribution in [1.29, 1.82) is 0 Å². The lowest BCUT2D eigenvalue weighted by Crippen LogP contribution is -2.29. The van der Waals surface area contributed by atoms with Crippen LogP contribution in [0, 0.1) is 0 Å². The number of likely N-dealkylation sites (tertiary alicyclic amines) is 1. The summed E-state index contributed by atoms with van der Waals surface area (Å²) in [6, 6.07) is 13.9. The number of furan rings is 1. The van der Waals surface area contributed by atoms with Crippen LogP contribution < -0.4 is 4.74 Å². The van der Waals surface area contributed by atoms with E-state index in [1.165, 1.54) is 11.2 Å². The Hall–Kier alpha value is -3.48. The summed E-state index contributed by atoms with van der Waals surface area (Å²) < 4.78 is 10.8. The first-order chi connectivity index (χ1) is 15.9. The molecule has 0 spiro atoms. The van der Waals surface area contributed by atoms with Gasteiger partial charge in [0.25, 0.3) is 11.7 Å². The van der Waals surface area contributed by atoms with Crippen molar-refractivity contribution >= 4 is 40.7 Å². The van der Waals surface area contributed by atoms with E-state index in [0.29, 0.717) is 34.3 Å². The molecular formula is C25H19Cl2NO5. The van der Waals surface area contributed by atoms with Gasteiger partial charge in [0, 0.05) is 5.56 Å². The Morgan fingerprint density at radius 1 is 1.12 bits per heavy atom. The van der Waals surface area contributed by atoms with E-state index < -0.39 is 17.7 Å². The van der Waals surface area contributed by atoms with Gasteiger partial charge in [0.15, 0.2) is 0 Å². The van der Waals surface area contributed by atoms with Crippen LogP contribution in [0.2, 0.25) is 10.0 Å². The van der Waals surface area contributed by atoms with Crippen LogP contribution in [0.4, 0.5) is 0 Å². The second-order valence-electron chi connectivity index (χ2n) is 7.30. The van der Waals surface area contributed by atoms with Gasteiger partial charge in [-0.05, 0) is 54.1 Å². The predicted molar refractivity (Wildman–Crippen MR) is 125 cm³/mol. The van der Waals surface area contributed by atoms with Crippen molar-refractivity contribution < 1.29 is 23.8 Å². The third-order valence-electron chi connectivity index (χ3n) is 5.20. The molecule has 1 N–H and O–H groups in total. The van der Waals surface area contributed by atoms with Crippen molar-refractivity contribution in [2.75, 3.05) is 6.61 Å². The molecule has 6 nitrogen and oxygen atoms in total. The standard InChI is InChI=1S/C25H19Cl2NO5/c1-2-11-32-17-8-5-15(6-9-17)23(29)21-22(16-7-10-19(26)20(27)13-16)28(25(31)24(21)30)14-18-4-3-12-33-18/h2-10,12-13,22,29H,1,11,14H2/b23-21+. The van der Waals surface area contributed by atoms with Crippen molar-refractivity contribution in [3.63, 3.8) is 0 Å². The Balaban J connectivity index is 1.81. The van der Waals surface area contributed by atoms with Gasteiger partial charge in [0.2, 0.25) is 0 Å². The Labute approximate surface area is 200 Å². The average molecular weight is 484 g/mol. The van der Waals surface area contributed by atoms with Gasteiger partial charge < -0.3 is 19.2 Å². The number of ketones is 1. The van der Waals surface area contributed by atoms with Gasteiger partial charge >= 0.3 is 0 Å². The molecule has 33 heavy (non-hydrogen) atoms. The summed E-state index contributed by atoms with van der Waals surface area (Å²) in [5.74, 6) is -0.796. The molecule has 1 saturated heterocycles. The molecule has 2 aromatic carbocycles. The van der Waals surface area contributed by atoms with Gasteiger partial charge in [-0.1, -0.05) is 41.9 Å². The van der Waals surface area contributed by atoms with E-state index in [-0.39, 0.29) is 22.9 Å². The van der Waals surface area contributed by atoms with Gasteiger partial charge in [-0.3, -0.25) is 9.59 Å². The summed E-state index contributed by atoms with van der Waals surface area (Å²) in [6.45, 7) is 3.97. The van der Waals surface area contributed by atoms with Crippen LogP contribution >= 0.6 is 23.2 Å². The van der Waals surface area contributed by atoms with Crippen LogP contribution in [0.3, 0.4) is 0 Å². The van der Waals surface area contributed by atoms with E-state index in [4.69, 9.17) is 32.4 Å². The number of Topliss-reactive ketones (excluding diaryl/α,β-unsaturated/α-hetero) is 1. The number of aliphatic hydroxyl groups excluding tert-OH is 1. The number of benzene rings is 2. The maximum absolute atomic E-state index is 13.1. The molecule has 1 amide bonds. The average Bonchev–Trinajstić information content (AvgIpc) is 3.42. The molecule has 0 radical (unpaired) electrons. The van der Waals surface area contributed by atoms with Crippen LogP contribution in [0.25, 0.3) is 5.76 Å². The SMILES string of the molecule is C=CCOc1ccc(/C(O)=C2\C(=O)C(=O)N(Cc3ccco3)C2c2ccc(Cl)c(Cl)c2)cc1. The number of halogens is 2. The first-order valence-electron chi connectivity index (χ1n) is 10.0. The summed E-state index contributed by atoms with van der Waals surface area (Å²) in [7, 11) is 0. The molecule has 1 atom stereocenters.